The van der Waals surface area contributed by atoms with Gasteiger partial charge in [0.05, 0.1) is 0 Å². The van der Waals surface area contributed by atoms with Crippen molar-refractivity contribution in [1.82, 2.24) is 4.90 Å². The van der Waals surface area contributed by atoms with Gasteiger partial charge in [0, 0.05) is 6.54 Å². The van der Waals surface area contributed by atoms with Gasteiger partial charge in [0.2, 0.25) is 0 Å². The third-order valence-corrected chi connectivity index (χ3v) is 1.67. The summed E-state index contributed by atoms with van der Waals surface area (Å²) >= 11 is 0. The molecule has 2 N–H and O–H groups in total. The number of unbranched alkanes of at least 4 members (excludes halogenated alkanes) is 1. The minimum atomic E-state index is 0.776. The highest BCUT2D eigenvalue weighted by Gasteiger charge is 1.99. The molecule has 0 aromatic heterocycles. The van der Waals surface area contributed by atoms with Crippen LogP contribution in [-0.2, 0) is 0 Å². The number of hydrogen-bond acceptors (Lipinski definition) is 2. The highest BCUT2D eigenvalue weighted by Crippen LogP contribution is 1.97. The summed E-state index contributed by atoms with van der Waals surface area (Å²) in [6.07, 6.45) is 2.39. The molecule has 0 aliphatic carbocycles. The molecule has 0 unspecified atom stereocenters. The van der Waals surface area contributed by atoms with Crippen molar-refractivity contribution in [3.05, 3.63) is 0 Å². The zero-order chi connectivity index (χ0) is 8.69. The minimum absolute atomic E-state index is 0.776. The van der Waals surface area contributed by atoms with Crippen molar-refractivity contribution in [3.63, 3.8) is 0 Å². The van der Waals surface area contributed by atoms with E-state index in [1.807, 2.05) is 0 Å². The molecule has 11 heavy (non-hydrogen) atoms. The molecule has 0 heterocycles. The van der Waals surface area contributed by atoms with Crippen LogP contribution in [-0.4, -0.2) is 31.6 Å². The Morgan fingerprint density at radius 1 is 1.27 bits per heavy atom. The lowest BCUT2D eigenvalue weighted by molar-refractivity contribution is 0.290. The first-order valence-corrected chi connectivity index (χ1v) is 4.55. The molecule has 2 nitrogen and oxygen atoms in total. The van der Waals surface area contributed by atoms with E-state index in [4.69, 9.17) is 5.73 Å². The van der Waals surface area contributed by atoms with Gasteiger partial charge in [0.25, 0.3) is 0 Å². The first kappa shape index (κ1) is 10.9. The van der Waals surface area contributed by atoms with Crippen molar-refractivity contribution >= 4 is 0 Å². The van der Waals surface area contributed by atoms with Crippen molar-refractivity contribution in [2.75, 3.05) is 26.7 Å². The average Bonchev–Trinajstić information content (AvgIpc) is 1.86. The van der Waals surface area contributed by atoms with E-state index in [2.05, 4.69) is 25.8 Å². The van der Waals surface area contributed by atoms with Crippen LogP contribution in [0.1, 0.15) is 26.7 Å². The van der Waals surface area contributed by atoms with Crippen LogP contribution in [0.25, 0.3) is 0 Å². The Kier molecular flexibility index (Phi) is 6.57. The summed E-state index contributed by atoms with van der Waals surface area (Å²) in [7, 11) is 2.18. The Labute approximate surface area is 70.8 Å². The molecular weight excluding hydrogens is 136 g/mol. The lowest BCUT2D eigenvalue weighted by Crippen LogP contribution is -2.24. The van der Waals surface area contributed by atoms with Crippen LogP contribution in [0.5, 0.6) is 0 Å². The zero-order valence-corrected chi connectivity index (χ0v) is 8.14. The van der Waals surface area contributed by atoms with E-state index in [0.717, 1.165) is 18.9 Å². The average molecular weight is 158 g/mol. The van der Waals surface area contributed by atoms with E-state index >= 15 is 0 Å². The van der Waals surface area contributed by atoms with Crippen LogP contribution in [0.3, 0.4) is 0 Å². The lowest BCUT2D eigenvalue weighted by Gasteiger charge is -2.18. The number of nitrogens with two attached hydrogens (primary N) is 1. The van der Waals surface area contributed by atoms with Crippen molar-refractivity contribution in [1.29, 1.82) is 0 Å². The van der Waals surface area contributed by atoms with E-state index in [1.165, 1.54) is 19.5 Å². The monoisotopic (exact) mass is 158 g/mol. The van der Waals surface area contributed by atoms with Crippen LogP contribution >= 0.6 is 0 Å². The number of rotatable bonds is 6. The summed E-state index contributed by atoms with van der Waals surface area (Å²) in [4.78, 5) is 2.38. The maximum atomic E-state index is 5.40. The van der Waals surface area contributed by atoms with Crippen molar-refractivity contribution in [2.24, 2.45) is 11.7 Å². The Balaban J connectivity index is 3.15. The van der Waals surface area contributed by atoms with E-state index in [0.29, 0.717) is 0 Å². The molecule has 0 fully saturated rings. The van der Waals surface area contributed by atoms with Gasteiger partial charge in [-0.1, -0.05) is 13.8 Å². The van der Waals surface area contributed by atoms with Crippen LogP contribution in [0.15, 0.2) is 0 Å². The molecule has 0 aromatic rings. The predicted octanol–water partition coefficient (Wildman–Crippen LogP) is 1.31. The minimum Gasteiger partial charge on any atom is -0.330 e. The molecule has 0 saturated carbocycles. The fourth-order valence-corrected chi connectivity index (χ4v) is 1.24. The lowest BCUT2D eigenvalue weighted by atomic mass is 10.2. The predicted molar refractivity (Wildman–Crippen MR) is 50.6 cm³/mol. The molecule has 0 aromatic carbocycles. The van der Waals surface area contributed by atoms with E-state index in [-0.39, 0.29) is 0 Å². The Hall–Kier alpha value is -0.0800. The summed E-state index contributed by atoms with van der Waals surface area (Å²) < 4.78 is 0. The molecule has 0 amide bonds. The summed E-state index contributed by atoms with van der Waals surface area (Å²) in [6.45, 7) is 7.72. The topological polar surface area (TPSA) is 29.3 Å². The van der Waals surface area contributed by atoms with Gasteiger partial charge in [0.15, 0.2) is 0 Å². The summed E-state index contributed by atoms with van der Waals surface area (Å²) in [5.41, 5.74) is 5.40. The smallest absolute Gasteiger partial charge is 0.000133 e. The molecule has 0 saturated heterocycles. The molecule has 0 spiro atoms. The molecule has 0 aliphatic rings. The molecular formula is C9H22N2. The highest BCUT2D eigenvalue weighted by molar-refractivity contribution is 4.54. The molecule has 0 radical (unpaired) electrons. The molecule has 0 bridgehead atoms. The van der Waals surface area contributed by atoms with Crippen LogP contribution in [0.2, 0.25) is 0 Å². The van der Waals surface area contributed by atoms with Gasteiger partial charge in [0.1, 0.15) is 0 Å². The summed E-state index contributed by atoms with van der Waals surface area (Å²) in [6, 6.07) is 0. The van der Waals surface area contributed by atoms with Gasteiger partial charge in [-0.25, -0.2) is 0 Å². The standard InChI is InChI=1S/C9H22N2/c1-9(2)8-11(3)7-5-4-6-10/h9H,4-8,10H2,1-3H3. The van der Waals surface area contributed by atoms with Gasteiger partial charge in [-0.3, -0.25) is 0 Å². The quantitative estimate of drug-likeness (QED) is 0.591. The Morgan fingerprint density at radius 3 is 2.36 bits per heavy atom. The third kappa shape index (κ3) is 7.82. The fourth-order valence-electron chi connectivity index (χ4n) is 1.24. The molecule has 68 valence electrons. The van der Waals surface area contributed by atoms with Gasteiger partial charge in [-0.05, 0) is 38.9 Å². The fraction of sp³-hybridized carbons (Fsp3) is 1.00. The Morgan fingerprint density at radius 2 is 1.91 bits per heavy atom. The van der Waals surface area contributed by atoms with Gasteiger partial charge >= 0.3 is 0 Å². The van der Waals surface area contributed by atoms with Crippen molar-refractivity contribution < 1.29 is 0 Å². The molecule has 0 rings (SSSR count). The second-order valence-electron chi connectivity index (χ2n) is 3.65. The molecule has 2 heteroatoms. The zero-order valence-electron chi connectivity index (χ0n) is 8.14. The van der Waals surface area contributed by atoms with E-state index in [1.54, 1.807) is 0 Å². The van der Waals surface area contributed by atoms with Gasteiger partial charge < -0.3 is 10.6 Å². The summed E-state index contributed by atoms with van der Waals surface area (Å²) in [5, 5.41) is 0. The van der Waals surface area contributed by atoms with E-state index < -0.39 is 0 Å². The first-order chi connectivity index (χ1) is 5.16. The highest BCUT2D eigenvalue weighted by atomic mass is 15.1. The SMILES string of the molecule is CC(C)CN(C)CCCCN. The van der Waals surface area contributed by atoms with Crippen molar-refractivity contribution in [2.45, 2.75) is 26.7 Å². The number of nitrogens with zero attached hydrogens (tertiary/aromatic N) is 1. The molecule has 0 atom stereocenters. The van der Waals surface area contributed by atoms with Crippen LogP contribution < -0.4 is 5.73 Å². The maximum absolute atomic E-state index is 5.40. The summed E-state index contributed by atoms with van der Waals surface area (Å²) in [5.74, 6) is 0.776. The number of hydrogen-bond donors (Lipinski definition) is 1. The van der Waals surface area contributed by atoms with Gasteiger partial charge in [-0.15, -0.1) is 0 Å². The van der Waals surface area contributed by atoms with Gasteiger partial charge in [-0.2, -0.15) is 0 Å². The largest absolute Gasteiger partial charge is 0.330 e. The maximum Gasteiger partial charge on any atom is 0.000133 e. The van der Waals surface area contributed by atoms with E-state index in [9.17, 15) is 0 Å². The molecule has 0 aliphatic heterocycles. The first-order valence-electron chi connectivity index (χ1n) is 4.55. The van der Waals surface area contributed by atoms with Crippen LogP contribution in [0, 0.1) is 5.92 Å². The van der Waals surface area contributed by atoms with Crippen LogP contribution in [0.4, 0.5) is 0 Å². The van der Waals surface area contributed by atoms with Crippen molar-refractivity contribution in [3.8, 4) is 0 Å². The second-order valence-corrected chi connectivity index (χ2v) is 3.65. The Bertz CT molecular complexity index is 81.6. The normalized spacial score (nSPS) is 11.5. The third-order valence-electron chi connectivity index (χ3n) is 1.67. The second kappa shape index (κ2) is 6.62.